The Kier molecular flexibility index (Phi) is 4.81. The molecule has 5 heteroatoms. The minimum Gasteiger partial charge on any atom is -0.481 e. The number of rotatable bonds is 4. The molecule has 0 aromatic heterocycles. The van der Waals surface area contributed by atoms with Gasteiger partial charge in [0, 0.05) is 23.5 Å². The van der Waals surface area contributed by atoms with Crippen molar-refractivity contribution in [2.75, 3.05) is 6.54 Å². The maximum Gasteiger partial charge on any atom is 0.308 e. The fourth-order valence-electron chi connectivity index (χ4n) is 2.71. The van der Waals surface area contributed by atoms with Gasteiger partial charge in [-0.2, -0.15) is 0 Å². The van der Waals surface area contributed by atoms with Crippen LogP contribution in [0.15, 0.2) is 28.7 Å². The zero-order valence-corrected chi connectivity index (χ0v) is 13.0. The van der Waals surface area contributed by atoms with Crippen LogP contribution in [0.1, 0.15) is 25.3 Å². The largest absolute Gasteiger partial charge is 0.481 e. The number of hydrogen-bond donors (Lipinski definition) is 1. The number of aliphatic carboxylic acids is 1. The van der Waals surface area contributed by atoms with Gasteiger partial charge in [0.1, 0.15) is 0 Å². The Morgan fingerprint density at radius 2 is 2.10 bits per heavy atom. The van der Waals surface area contributed by atoms with Crippen LogP contribution in [0, 0.1) is 5.92 Å². The quantitative estimate of drug-likeness (QED) is 0.917. The van der Waals surface area contributed by atoms with Crippen LogP contribution in [0.3, 0.4) is 0 Å². The van der Waals surface area contributed by atoms with Crippen molar-refractivity contribution in [3.05, 3.63) is 34.3 Å². The highest BCUT2D eigenvalue weighted by Gasteiger charge is 2.37. The summed E-state index contributed by atoms with van der Waals surface area (Å²) in [7, 11) is 0. The minimum atomic E-state index is -0.807. The van der Waals surface area contributed by atoms with Gasteiger partial charge in [-0.1, -0.05) is 34.1 Å². The van der Waals surface area contributed by atoms with Gasteiger partial charge in [-0.25, -0.2) is 0 Å². The number of carbonyl (C=O) groups is 2. The van der Waals surface area contributed by atoms with E-state index in [-0.39, 0.29) is 11.9 Å². The third-order valence-electron chi connectivity index (χ3n) is 3.96. The first-order valence-electron chi connectivity index (χ1n) is 6.76. The summed E-state index contributed by atoms with van der Waals surface area (Å²) in [6.07, 6.45) is 1.64. The smallest absolute Gasteiger partial charge is 0.308 e. The molecule has 0 spiro atoms. The van der Waals surface area contributed by atoms with Crippen LogP contribution in [0.2, 0.25) is 0 Å². The Labute approximate surface area is 126 Å². The number of nitrogens with zero attached hydrogens (tertiary/aromatic N) is 1. The highest BCUT2D eigenvalue weighted by molar-refractivity contribution is 9.10. The van der Waals surface area contributed by atoms with Crippen molar-refractivity contribution in [1.29, 1.82) is 0 Å². The van der Waals surface area contributed by atoms with Crippen molar-refractivity contribution in [1.82, 2.24) is 4.90 Å². The molecule has 1 N–H and O–H groups in total. The van der Waals surface area contributed by atoms with Crippen molar-refractivity contribution in [3.63, 3.8) is 0 Å². The van der Waals surface area contributed by atoms with Gasteiger partial charge < -0.3 is 10.0 Å². The van der Waals surface area contributed by atoms with Crippen LogP contribution in [0.4, 0.5) is 0 Å². The summed E-state index contributed by atoms with van der Waals surface area (Å²) >= 11 is 3.47. The van der Waals surface area contributed by atoms with Crippen molar-refractivity contribution in [2.45, 2.75) is 32.2 Å². The molecule has 108 valence electrons. The number of carbonyl (C=O) groups excluding carboxylic acids is 1. The molecule has 0 saturated carbocycles. The van der Waals surface area contributed by atoms with E-state index in [0.717, 1.165) is 10.0 Å². The van der Waals surface area contributed by atoms with Gasteiger partial charge in [-0.05, 0) is 31.4 Å². The summed E-state index contributed by atoms with van der Waals surface area (Å²) in [6, 6.07) is 7.63. The first-order valence-corrected chi connectivity index (χ1v) is 7.55. The lowest BCUT2D eigenvalue weighted by Gasteiger charge is -2.23. The molecule has 1 aliphatic heterocycles. The number of hydrogen-bond acceptors (Lipinski definition) is 2. The predicted octanol–water partition coefficient (Wildman–Crippen LogP) is 2.70. The van der Waals surface area contributed by atoms with Crippen LogP contribution in [0.25, 0.3) is 0 Å². The molecule has 0 aliphatic carbocycles. The molecule has 2 unspecified atom stereocenters. The van der Waals surface area contributed by atoms with Gasteiger partial charge in [0.2, 0.25) is 5.91 Å². The van der Waals surface area contributed by atoms with Crippen LogP contribution in [-0.2, 0) is 16.0 Å². The Morgan fingerprint density at radius 1 is 1.40 bits per heavy atom. The van der Waals surface area contributed by atoms with Gasteiger partial charge in [0.05, 0.1) is 5.92 Å². The molecule has 20 heavy (non-hydrogen) atoms. The topological polar surface area (TPSA) is 57.6 Å². The lowest BCUT2D eigenvalue weighted by Crippen LogP contribution is -2.37. The molecule has 1 aliphatic rings. The molecule has 1 amide bonds. The van der Waals surface area contributed by atoms with Crippen LogP contribution in [0.5, 0.6) is 0 Å². The number of halogens is 1. The molecule has 1 aromatic rings. The molecule has 2 rings (SSSR count). The van der Waals surface area contributed by atoms with Crippen LogP contribution >= 0.6 is 15.9 Å². The van der Waals surface area contributed by atoms with Gasteiger partial charge in [0.25, 0.3) is 0 Å². The Morgan fingerprint density at radius 3 is 2.70 bits per heavy atom. The van der Waals surface area contributed by atoms with E-state index in [1.165, 1.54) is 0 Å². The molecule has 1 aromatic carbocycles. The molecule has 4 nitrogen and oxygen atoms in total. The number of benzene rings is 1. The Bertz CT molecular complexity index is 518. The first-order chi connectivity index (χ1) is 9.50. The fraction of sp³-hybridized carbons (Fsp3) is 0.467. The molecule has 1 fully saturated rings. The van der Waals surface area contributed by atoms with Gasteiger partial charge >= 0.3 is 5.97 Å². The predicted molar refractivity (Wildman–Crippen MR) is 79.4 cm³/mol. The molecule has 1 saturated heterocycles. The van der Waals surface area contributed by atoms with Crippen molar-refractivity contribution < 1.29 is 14.7 Å². The van der Waals surface area contributed by atoms with E-state index in [9.17, 15) is 9.59 Å². The number of carboxylic acids is 1. The highest BCUT2D eigenvalue weighted by Crippen LogP contribution is 2.25. The molecular formula is C15H18BrNO3. The van der Waals surface area contributed by atoms with E-state index in [1.807, 2.05) is 31.2 Å². The summed E-state index contributed by atoms with van der Waals surface area (Å²) in [5.41, 5.74) is 1.10. The maximum absolute atomic E-state index is 12.2. The van der Waals surface area contributed by atoms with Crippen molar-refractivity contribution >= 4 is 27.8 Å². The fourth-order valence-corrected chi connectivity index (χ4v) is 3.19. The maximum atomic E-state index is 12.2. The molecule has 1 heterocycles. The Hall–Kier alpha value is -1.36. The molecule has 0 bridgehead atoms. The van der Waals surface area contributed by atoms with E-state index < -0.39 is 11.9 Å². The SMILES string of the molecule is CC1C(C(=O)O)CCN1C(=O)CCc1ccccc1Br. The summed E-state index contributed by atoms with van der Waals surface area (Å²) in [6.45, 7) is 2.37. The number of carboxylic acid groups (broad SMARTS) is 1. The van der Waals surface area contributed by atoms with Crippen LogP contribution in [-0.4, -0.2) is 34.5 Å². The monoisotopic (exact) mass is 339 g/mol. The molecule has 0 radical (unpaired) electrons. The van der Waals surface area contributed by atoms with Gasteiger partial charge in [-0.3, -0.25) is 9.59 Å². The first kappa shape index (κ1) is 15.0. The van der Waals surface area contributed by atoms with E-state index in [1.54, 1.807) is 4.90 Å². The summed E-state index contributed by atoms with van der Waals surface area (Å²) in [4.78, 5) is 25.0. The zero-order chi connectivity index (χ0) is 14.7. The average molecular weight is 340 g/mol. The van der Waals surface area contributed by atoms with Gasteiger partial charge in [0.15, 0.2) is 0 Å². The molecular weight excluding hydrogens is 322 g/mol. The summed E-state index contributed by atoms with van der Waals surface area (Å²) in [5.74, 6) is -1.20. The second-order valence-electron chi connectivity index (χ2n) is 5.15. The second kappa shape index (κ2) is 6.39. The third-order valence-corrected chi connectivity index (χ3v) is 4.73. The number of likely N-dealkylation sites (tertiary alicyclic amines) is 1. The van der Waals surface area contributed by atoms with E-state index in [4.69, 9.17) is 5.11 Å². The summed E-state index contributed by atoms with van der Waals surface area (Å²) in [5, 5.41) is 9.08. The second-order valence-corrected chi connectivity index (χ2v) is 6.01. The van der Waals surface area contributed by atoms with Crippen LogP contribution < -0.4 is 0 Å². The number of aryl methyl sites for hydroxylation is 1. The standard InChI is InChI=1S/C15H18BrNO3/c1-10-12(15(19)20)8-9-17(10)14(18)7-6-11-4-2-3-5-13(11)16/h2-5,10,12H,6-9H2,1H3,(H,19,20). The van der Waals surface area contributed by atoms with E-state index in [2.05, 4.69) is 15.9 Å². The average Bonchev–Trinajstić information content (AvgIpc) is 2.79. The Balaban J connectivity index is 1.93. The highest BCUT2D eigenvalue weighted by atomic mass is 79.9. The summed E-state index contributed by atoms with van der Waals surface area (Å²) < 4.78 is 1.01. The molecule has 2 atom stereocenters. The normalized spacial score (nSPS) is 22.0. The van der Waals surface area contributed by atoms with Crippen molar-refractivity contribution in [2.24, 2.45) is 5.92 Å². The third kappa shape index (κ3) is 3.20. The van der Waals surface area contributed by atoms with E-state index in [0.29, 0.717) is 25.8 Å². The van der Waals surface area contributed by atoms with Gasteiger partial charge in [-0.15, -0.1) is 0 Å². The number of amides is 1. The lowest BCUT2D eigenvalue weighted by molar-refractivity contribution is -0.143. The zero-order valence-electron chi connectivity index (χ0n) is 11.4. The minimum absolute atomic E-state index is 0.0389. The van der Waals surface area contributed by atoms with Crippen molar-refractivity contribution in [3.8, 4) is 0 Å². The van der Waals surface area contributed by atoms with E-state index >= 15 is 0 Å². The lowest BCUT2D eigenvalue weighted by atomic mass is 10.0.